The number of hydrogen-bond donors (Lipinski definition) is 2. The molecule has 1 aliphatic carbocycles. The molecular weight excluding hydrogens is 176 g/mol. The van der Waals surface area contributed by atoms with Crippen molar-refractivity contribution in [2.75, 3.05) is 0 Å². The van der Waals surface area contributed by atoms with Crippen LogP contribution in [0.3, 0.4) is 0 Å². The van der Waals surface area contributed by atoms with Crippen LogP contribution in [0.15, 0.2) is 0 Å². The van der Waals surface area contributed by atoms with Crippen molar-refractivity contribution in [1.82, 2.24) is 0 Å². The molecule has 3 nitrogen and oxygen atoms in total. The second kappa shape index (κ2) is 5.35. The number of hydrogen-bond acceptors (Lipinski definition) is 2. The minimum atomic E-state index is -0.212. The Balaban J connectivity index is 2.33. The van der Waals surface area contributed by atoms with E-state index in [1.807, 2.05) is 6.92 Å². The molecule has 1 rings (SSSR count). The minimum absolute atomic E-state index is 0.142. The zero-order valence-corrected chi connectivity index (χ0v) is 9.25. The van der Waals surface area contributed by atoms with E-state index in [2.05, 4.69) is 6.92 Å². The molecule has 0 amide bonds. The fourth-order valence-electron chi connectivity index (χ4n) is 2.10. The first-order valence-corrected chi connectivity index (χ1v) is 5.62. The van der Waals surface area contributed by atoms with Crippen molar-refractivity contribution >= 4 is 5.84 Å². The predicted molar refractivity (Wildman–Crippen MR) is 58.5 cm³/mol. The van der Waals surface area contributed by atoms with Crippen molar-refractivity contribution in [3.8, 4) is 0 Å². The van der Waals surface area contributed by atoms with Crippen LogP contribution in [0.25, 0.3) is 0 Å². The number of ether oxygens (including phenoxy) is 1. The summed E-state index contributed by atoms with van der Waals surface area (Å²) < 4.78 is 5.74. The second-order valence-corrected chi connectivity index (χ2v) is 4.30. The Hall–Kier alpha value is -0.570. The average Bonchev–Trinajstić information content (AvgIpc) is 2.18. The summed E-state index contributed by atoms with van der Waals surface area (Å²) in [5.41, 5.74) is 5.38. The van der Waals surface area contributed by atoms with E-state index in [0.717, 1.165) is 18.8 Å². The van der Waals surface area contributed by atoms with Gasteiger partial charge in [-0.1, -0.05) is 26.2 Å². The Morgan fingerprint density at radius 1 is 1.57 bits per heavy atom. The first kappa shape index (κ1) is 11.5. The molecule has 0 heterocycles. The van der Waals surface area contributed by atoms with E-state index in [1.54, 1.807) is 0 Å². The lowest BCUT2D eigenvalue weighted by Crippen LogP contribution is -2.34. The molecule has 1 saturated carbocycles. The summed E-state index contributed by atoms with van der Waals surface area (Å²) >= 11 is 0. The highest BCUT2D eigenvalue weighted by atomic mass is 16.5. The molecule has 0 bridgehead atoms. The molecule has 3 N–H and O–H groups in total. The van der Waals surface area contributed by atoms with Gasteiger partial charge in [-0.2, -0.15) is 0 Å². The molecule has 0 aromatic carbocycles. The van der Waals surface area contributed by atoms with Crippen molar-refractivity contribution < 1.29 is 4.74 Å². The van der Waals surface area contributed by atoms with Crippen molar-refractivity contribution in [2.24, 2.45) is 11.7 Å². The lowest BCUT2D eigenvalue weighted by molar-refractivity contribution is -0.00509. The van der Waals surface area contributed by atoms with E-state index in [1.165, 1.54) is 19.3 Å². The molecule has 3 heteroatoms. The van der Waals surface area contributed by atoms with Gasteiger partial charge in [0.25, 0.3) is 0 Å². The topological polar surface area (TPSA) is 59.1 Å². The van der Waals surface area contributed by atoms with Gasteiger partial charge in [-0.15, -0.1) is 0 Å². The van der Waals surface area contributed by atoms with Gasteiger partial charge in [-0.25, -0.2) is 0 Å². The Morgan fingerprint density at radius 2 is 2.29 bits per heavy atom. The summed E-state index contributed by atoms with van der Waals surface area (Å²) in [6.07, 6.45) is 6.23. The Morgan fingerprint density at radius 3 is 2.86 bits per heavy atom. The summed E-state index contributed by atoms with van der Waals surface area (Å²) in [6, 6.07) is 0. The van der Waals surface area contributed by atoms with Gasteiger partial charge in [0, 0.05) is 0 Å². The normalized spacial score (nSPS) is 29.9. The molecule has 0 saturated heterocycles. The van der Waals surface area contributed by atoms with Crippen LogP contribution in [-0.4, -0.2) is 18.0 Å². The first-order valence-electron chi connectivity index (χ1n) is 5.62. The van der Waals surface area contributed by atoms with Gasteiger partial charge in [0.05, 0.1) is 6.10 Å². The van der Waals surface area contributed by atoms with Gasteiger partial charge in [0.1, 0.15) is 11.9 Å². The van der Waals surface area contributed by atoms with Gasteiger partial charge in [-0.05, 0) is 25.7 Å². The standard InChI is InChI=1S/C11H22N2O/c1-3-9-5-4-6-10(7-9)14-8(2)11(12)13/h8-10H,3-7H2,1-2H3,(H3,12,13). The smallest absolute Gasteiger partial charge is 0.120 e. The maximum atomic E-state index is 7.27. The molecular formula is C11H22N2O. The summed E-state index contributed by atoms with van der Waals surface area (Å²) in [5.74, 6) is 0.955. The zero-order chi connectivity index (χ0) is 10.6. The summed E-state index contributed by atoms with van der Waals surface area (Å²) in [4.78, 5) is 0. The highest BCUT2D eigenvalue weighted by molar-refractivity contribution is 5.81. The highest BCUT2D eigenvalue weighted by Crippen LogP contribution is 2.28. The number of amidine groups is 1. The van der Waals surface area contributed by atoms with E-state index in [4.69, 9.17) is 15.9 Å². The van der Waals surface area contributed by atoms with E-state index in [-0.39, 0.29) is 11.9 Å². The van der Waals surface area contributed by atoms with Crippen molar-refractivity contribution in [2.45, 2.75) is 58.2 Å². The van der Waals surface area contributed by atoms with Crippen LogP contribution in [-0.2, 0) is 4.74 Å². The highest BCUT2D eigenvalue weighted by Gasteiger charge is 2.23. The monoisotopic (exact) mass is 198 g/mol. The molecule has 82 valence electrons. The van der Waals surface area contributed by atoms with E-state index < -0.39 is 0 Å². The molecule has 0 aromatic rings. The van der Waals surface area contributed by atoms with Crippen LogP contribution in [0, 0.1) is 11.3 Å². The molecule has 3 unspecified atom stereocenters. The first-order chi connectivity index (χ1) is 6.63. The Kier molecular flexibility index (Phi) is 4.39. The zero-order valence-electron chi connectivity index (χ0n) is 9.25. The molecule has 1 aliphatic rings. The Bertz CT molecular complexity index is 194. The molecule has 14 heavy (non-hydrogen) atoms. The van der Waals surface area contributed by atoms with Crippen LogP contribution in [0.1, 0.15) is 46.0 Å². The van der Waals surface area contributed by atoms with E-state index in [9.17, 15) is 0 Å². The van der Waals surface area contributed by atoms with Crippen molar-refractivity contribution in [3.05, 3.63) is 0 Å². The number of nitrogens with two attached hydrogens (primary N) is 1. The van der Waals surface area contributed by atoms with Crippen LogP contribution in [0.4, 0.5) is 0 Å². The van der Waals surface area contributed by atoms with Crippen LogP contribution < -0.4 is 5.73 Å². The quantitative estimate of drug-likeness (QED) is 0.538. The molecule has 1 fully saturated rings. The number of rotatable bonds is 4. The molecule has 0 spiro atoms. The van der Waals surface area contributed by atoms with Crippen molar-refractivity contribution in [3.63, 3.8) is 0 Å². The van der Waals surface area contributed by atoms with E-state index >= 15 is 0 Å². The third kappa shape index (κ3) is 3.29. The number of nitrogens with one attached hydrogen (secondary N) is 1. The fraction of sp³-hybridized carbons (Fsp3) is 0.909. The van der Waals surface area contributed by atoms with Gasteiger partial charge in [-0.3, -0.25) is 5.41 Å². The van der Waals surface area contributed by atoms with Gasteiger partial charge >= 0.3 is 0 Å². The summed E-state index contributed by atoms with van der Waals surface area (Å²) in [6.45, 7) is 4.10. The van der Waals surface area contributed by atoms with Gasteiger partial charge in [0.2, 0.25) is 0 Å². The van der Waals surface area contributed by atoms with Gasteiger partial charge < -0.3 is 10.5 Å². The lowest BCUT2D eigenvalue weighted by Gasteiger charge is -2.30. The summed E-state index contributed by atoms with van der Waals surface area (Å²) in [5, 5.41) is 7.27. The maximum Gasteiger partial charge on any atom is 0.120 e. The third-order valence-electron chi connectivity index (χ3n) is 3.15. The Labute approximate surface area is 86.5 Å². The van der Waals surface area contributed by atoms with Crippen LogP contribution >= 0.6 is 0 Å². The predicted octanol–water partition coefficient (Wildman–Crippen LogP) is 2.30. The lowest BCUT2D eigenvalue weighted by atomic mass is 9.85. The molecule has 0 aromatic heterocycles. The minimum Gasteiger partial charge on any atom is -0.385 e. The average molecular weight is 198 g/mol. The third-order valence-corrected chi connectivity index (χ3v) is 3.15. The fourth-order valence-corrected chi connectivity index (χ4v) is 2.10. The van der Waals surface area contributed by atoms with Crippen LogP contribution in [0.5, 0.6) is 0 Å². The van der Waals surface area contributed by atoms with E-state index in [0.29, 0.717) is 6.10 Å². The second-order valence-electron chi connectivity index (χ2n) is 4.30. The SMILES string of the molecule is CCC1CCCC(OC(C)C(=N)N)C1. The van der Waals surface area contributed by atoms with Crippen LogP contribution in [0.2, 0.25) is 0 Å². The molecule has 0 radical (unpaired) electrons. The van der Waals surface area contributed by atoms with Gasteiger partial charge in [0.15, 0.2) is 0 Å². The largest absolute Gasteiger partial charge is 0.385 e. The maximum absolute atomic E-state index is 7.27. The van der Waals surface area contributed by atoms with Crippen molar-refractivity contribution in [1.29, 1.82) is 5.41 Å². The molecule has 3 atom stereocenters. The molecule has 0 aliphatic heterocycles. The summed E-state index contributed by atoms with van der Waals surface area (Å²) in [7, 11) is 0.